The fraction of sp³-hybridized carbons (Fsp3) is 0.462. The Hall–Kier alpha value is -1.40. The van der Waals surface area contributed by atoms with E-state index in [1.807, 2.05) is 24.3 Å². The predicted molar refractivity (Wildman–Crippen MR) is 75.6 cm³/mol. The van der Waals surface area contributed by atoms with Crippen molar-refractivity contribution in [3.8, 4) is 5.69 Å². The quantitative estimate of drug-likeness (QED) is 0.621. The molecule has 0 radical (unpaired) electrons. The van der Waals surface area contributed by atoms with Crippen LogP contribution >= 0.6 is 11.8 Å². The fourth-order valence-electron chi connectivity index (χ4n) is 1.67. The van der Waals surface area contributed by atoms with Crippen LogP contribution in [0.2, 0.25) is 0 Å². The summed E-state index contributed by atoms with van der Waals surface area (Å²) in [5.74, 6) is 0.965. The molecule has 2 rings (SSSR count). The smallest absolute Gasteiger partial charge is 0.214 e. The third kappa shape index (κ3) is 4.04. The van der Waals surface area contributed by atoms with E-state index in [0.717, 1.165) is 35.9 Å². The van der Waals surface area contributed by atoms with Crippen LogP contribution in [-0.4, -0.2) is 37.7 Å². The highest BCUT2D eigenvalue weighted by Crippen LogP contribution is 2.19. The van der Waals surface area contributed by atoms with Crippen LogP contribution in [-0.2, 0) is 0 Å². The van der Waals surface area contributed by atoms with Crippen molar-refractivity contribution < 1.29 is 5.11 Å². The zero-order valence-corrected chi connectivity index (χ0v) is 11.8. The summed E-state index contributed by atoms with van der Waals surface area (Å²) in [4.78, 5) is 0. The van der Waals surface area contributed by atoms with Gasteiger partial charge in [-0.25, -0.2) is 0 Å². The number of aliphatic hydroxyl groups is 1. The number of hydrogen-bond acceptors (Lipinski definition) is 5. The summed E-state index contributed by atoms with van der Waals surface area (Å²) >= 11 is 1.65. The van der Waals surface area contributed by atoms with Gasteiger partial charge in [0.1, 0.15) is 0 Å². The first-order valence-electron chi connectivity index (χ1n) is 6.40. The fourth-order valence-corrected chi connectivity index (χ4v) is 2.56. The average Bonchev–Trinajstić information content (AvgIpc) is 2.88. The van der Waals surface area contributed by atoms with Gasteiger partial charge in [-0.3, -0.25) is 0 Å². The highest BCUT2D eigenvalue weighted by Gasteiger charge is 2.08. The van der Waals surface area contributed by atoms with Crippen LogP contribution in [0.4, 0.5) is 0 Å². The van der Waals surface area contributed by atoms with Crippen molar-refractivity contribution in [2.75, 3.05) is 12.4 Å². The monoisotopic (exact) mass is 278 g/mol. The van der Waals surface area contributed by atoms with Gasteiger partial charge in [-0.2, -0.15) is 4.68 Å². The van der Waals surface area contributed by atoms with Gasteiger partial charge in [0.25, 0.3) is 0 Å². The summed E-state index contributed by atoms with van der Waals surface area (Å²) in [5, 5.41) is 21.3. The molecule has 0 unspecified atom stereocenters. The zero-order chi connectivity index (χ0) is 13.5. The van der Waals surface area contributed by atoms with Gasteiger partial charge in [0, 0.05) is 12.4 Å². The standard InChI is InChI=1S/C13H18N4OS/c1-11-5-7-12(8-6-11)17-13(14-15-16-17)19-10-4-2-3-9-18/h5-8,18H,2-4,9-10H2,1H3. The van der Waals surface area contributed by atoms with E-state index in [4.69, 9.17) is 5.11 Å². The van der Waals surface area contributed by atoms with Crippen LogP contribution < -0.4 is 0 Å². The number of aliphatic hydroxyl groups excluding tert-OH is 1. The number of unbranched alkanes of at least 4 members (excludes halogenated alkanes) is 2. The summed E-state index contributed by atoms with van der Waals surface area (Å²) in [5.41, 5.74) is 2.20. The second-order valence-electron chi connectivity index (χ2n) is 4.34. The van der Waals surface area contributed by atoms with E-state index >= 15 is 0 Å². The van der Waals surface area contributed by atoms with E-state index in [1.54, 1.807) is 16.4 Å². The van der Waals surface area contributed by atoms with Gasteiger partial charge in [0.15, 0.2) is 0 Å². The van der Waals surface area contributed by atoms with Crippen molar-refractivity contribution in [2.45, 2.75) is 31.3 Å². The highest BCUT2D eigenvalue weighted by atomic mass is 32.2. The molecule has 0 aliphatic heterocycles. The Morgan fingerprint density at radius 1 is 1.16 bits per heavy atom. The number of aryl methyl sites for hydroxylation is 1. The molecule has 0 amide bonds. The maximum absolute atomic E-state index is 8.72. The Morgan fingerprint density at radius 3 is 2.68 bits per heavy atom. The number of aromatic nitrogens is 4. The molecule has 0 aliphatic carbocycles. The molecule has 5 nitrogen and oxygen atoms in total. The molecule has 0 atom stereocenters. The Kier molecular flexibility index (Phi) is 5.35. The maximum Gasteiger partial charge on any atom is 0.214 e. The van der Waals surface area contributed by atoms with Crippen molar-refractivity contribution in [2.24, 2.45) is 0 Å². The summed E-state index contributed by atoms with van der Waals surface area (Å²) in [6, 6.07) is 8.13. The van der Waals surface area contributed by atoms with Gasteiger partial charge in [-0.05, 0) is 42.3 Å². The second-order valence-corrected chi connectivity index (χ2v) is 5.40. The molecular weight excluding hydrogens is 260 g/mol. The van der Waals surface area contributed by atoms with E-state index in [2.05, 4.69) is 22.4 Å². The normalized spacial score (nSPS) is 10.8. The molecule has 0 saturated carbocycles. The van der Waals surface area contributed by atoms with E-state index in [1.165, 1.54) is 5.56 Å². The zero-order valence-electron chi connectivity index (χ0n) is 11.0. The predicted octanol–water partition coefficient (Wildman–Crippen LogP) is 2.23. The van der Waals surface area contributed by atoms with Crippen molar-refractivity contribution in [3.63, 3.8) is 0 Å². The Labute approximate surface area is 117 Å². The second kappa shape index (κ2) is 7.25. The summed E-state index contributed by atoms with van der Waals surface area (Å²) in [6.45, 7) is 2.33. The molecule has 1 N–H and O–H groups in total. The molecule has 1 heterocycles. The van der Waals surface area contributed by atoms with E-state index in [-0.39, 0.29) is 6.61 Å². The molecule has 1 aromatic carbocycles. The molecule has 0 bridgehead atoms. The van der Waals surface area contributed by atoms with Crippen LogP contribution in [0.5, 0.6) is 0 Å². The third-order valence-corrected chi connectivity index (χ3v) is 3.76. The number of tetrazole rings is 1. The minimum absolute atomic E-state index is 0.270. The van der Waals surface area contributed by atoms with Crippen LogP contribution in [0.3, 0.4) is 0 Å². The number of thioether (sulfide) groups is 1. The lowest BCUT2D eigenvalue weighted by Gasteiger charge is -2.04. The van der Waals surface area contributed by atoms with Gasteiger partial charge < -0.3 is 5.11 Å². The van der Waals surface area contributed by atoms with Crippen molar-refractivity contribution in [1.82, 2.24) is 20.2 Å². The van der Waals surface area contributed by atoms with Crippen LogP contribution in [0.1, 0.15) is 24.8 Å². The number of hydrogen-bond donors (Lipinski definition) is 1. The lowest BCUT2D eigenvalue weighted by Crippen LogP contribution is -1.99. The topological polar surface area (TPSA) is 63.8 Å². The molecule has 0 aliphatic rings. The summed E-state index contributed by atoms with van der Waals surface area (Å²) in [6.07, 6.45) is 2.96. The number of benzene rings is 1. The SMILES string of the molecule is Cc1ccc(-n2nnnc2SCCCCCO)cc1. The molecule has 2 aromatic rings. The minimum Gasteiger partial charge on any atom is -0.396 e. The van der Waals surface area contributed by atoms with E-state index in [0.29, 0.717) is 0 Å². The molecule has 1 aromatic heterocycles. The first-order chi connectivity index (χ1) is 9.31. The lowest BCUT2D eigenvalue weighted by molar-refractivity contribution is 0.284. The van der Waals surface area contributed by atoms with Crippen LogP contribution in [0.15, 0.2) is 29.4 Å². The first kappa shape index (κ1) is 14.0. The molecule has 0 fully saturated rings. The number of nitrogens with zero attached hydrogens (tertiary/aromatic N) is 4. The van der Waals surface area contributed by atoms with Gasteiger partial charge >= 0.3 is 0 Å². The minimum atomic E-state index is 0.270. The van der Waals surface area contributed by atoms with Crippen molar-refractivity contribution in [3.05, 3.63) is 29.8 Å². The highest BCUT2D eigenvalue weighted by molar-refractivity contribution is 7.99. The Balaban J connectivity index is 1.96. The first-order valence-corrected chi connectivity index (χ1v) is 7.39. The van der Waals surface area contributed by atoms with Gasteiger partial charge in [-0.15, -0.1) is 5.10 Å². The molecular formula is C13H18N4OS. The van der Waals surface area contributed by atoms with Gasteiger partial charge in [-0.1, -0.05) is 35.9 Å². The third-order valence-electron chi connectivity index (χ3n) is 2.75. The molecule has 6 heteroatoms. The van der Waals surface area contributed by atoms with Crippen molar-refractivity contribution >= 4 is 11.8 Å². The van der Waals surface area contributed by atoms with Crippen LogP contribution in [0, 0.1) is 6.92 Å². The van der Waals surface area contributed by atoms with Crippen molar-refractivity contribution in [1.29, 1.82) is 0 Å². The molecule has 0 saturated heterocycles. The maximum atomic E-state index is 8.72. The number of rotatable bonds is 7. The largest absolute Gasteiger partial charge is 0.396 e. The molecule has 19 heavy (non-hydrogen) atoms. The molecule has 102 valence electrons. The summed E-state index contributed by atoms with van der Waals surface area (Å²) < 4.78 is 1.76. The Morgan fingerprint density at radius 2 is 1.95 bits per heavy atom. The average molecular weight is 278 g/mol. The lowest BCUT2D eigenvalue weighted by atomic mass is 10.2. The Bertz CT molecular complexity index is 498. The van der Waals surface area contributed by atoms with Gasteiger partial charge in [0.05, 0.1) is 5.69 Å². The van der Waals surface area contributed by atoms with E-state index < -0.39 is 0 Å². The van der Waals surface area contributed by atoms with E-state index in [9.17, 15) is 0 Å². The van der Waals surface area contributed by atoms with Crippen LogP contribution in [0.25, 0.3) is 5.69 Å². The summed E-state index contributed by atoms with van der Waals surface area (Å²) in [7, 11) is 0. The molecule has 0 spiro atoms. The van der Waals surface area contributed by atoms with Gasteiger partial charge in [0.2, 0.25) is 5.16 Å².